The minimum atomic E-state index is -0.167. The molecule has 0 bridgehead atoms. The van der Waals surface area contributed by atoms with E-state index in [9.17, 15) is 9.59 Å². The maximum atomic E-state index is 10.9. The zero-order chi connectivity index (χ0) is 8.97. The third-order valence-electron chi connectivity index (χ3n) is 2.02. The predicted molar refractivity (Wildman–Crippen MR) is 42.1 cm³/mol. The van der Waals surface area contributed by atoms with E-state index in [4.69, 9.17) is 0 Å². The highest BCUT2D eigenvalue weighted by molar-refractivity contribution is 5.75. The first-order valence-electron chi connectivity index (χ1n) is 3.80. The number of aldehydes is 1. The van der Waals surface area contributed by atoms with Crippen LogP contribution in [0.1, 0.15) is 12.8 Å². The first-order chi connectivity index (χ1) is 5.77. The summed E-state index contributed by atoms with van der Waals surface area (Å²) in [5.41, 5.74) is 0. The van der Waals surface area contributed by atoms with Gasteiger partial charge in [-0.15, -0.1) is 0 Å². The Hall–Kier alpha value is -1.30. The van der Waals surface area contributed by atoms with E-state index < -0.39 is 0 Å². The van der Waals surface area contributed by atoms with Crippen molar-refractivity contribution < 1.29 is 14.3 Å². The molecule has 0 saturated heterocycles. The van der Waals surface area contributed by atoms with Crippen molar-refractivity contribution in [2.24, 2.45) is 11.8 Å². The van der Waals surface area contributed by atoms with Gasteiger partial charge in [-0.2, -0.15) is 0 Å². The average Bonchev–Trinajstić information content (AvgIpc) is 2.01. The van der Waals surface area contributed by atoms with Crippen LogP contribution in [0.25, 0.3) is 0 Å². The maximum absolute atomic E-state index is 10.9. The molecule has 3 heteroatoms. The third kappa shape index (κ3) is 1.85. The summed E-state index contributed by atoms with van der Waals surface area (Å²) in [5, 5.41) is 0. The lowest BCUT2D eigenvalue weighted by atomic mass is 9.75. The summed E-state index contributed by atoms with van der Waals surface area (Å²) in [6, 6.07) is 0. The second-order valence-corrected chi connectivity index (χ2v) is 2.79. The Morgan fingerprint density at radius 3 is 2.75 bits per heavy atom. The van der Waals surface area contributed by atoms with Gasteiger partial charge in [0.2, 0.25) is 0 Å². The van der Waals surface area contributed by atoms with Crippen LogP contribution < -0.4 is 0 Å². The van der Waals surface area contributed by atoms with E-state index in [0.29, 0.717) is 6.29 Å². The summed E-state index contributed by atoms with van der Waals surface area (Å²) in [6.07, 6.45) is 2.03. The van der Waals surface area contributed by atoms with Crippen molar-refractivity contribution in [1.82, 2.24) is 0 Å². The van der Waals surface area contributed by atoms with Gasteiger partial charge in [0.05, 0.1) is 13.0 Å². The second-order valence-electron chi connectivity index (χ2n) is 2.79. The van der Waals surface area contributed by atoms with E-state index in [2.05, 4.69) is 16.6 Å². The smallest absolute Gasteiger partial charge is 0.308 e. The predicted octanol–water partition coefficient (Wildman–Crippen LogP) is 0.388. The number of hydrogen-bond acceptors (Lipinski definition) is 3. The molecule has 0 atom stereocenters. The summed E-state index contributed by atoms with van der Waals surface area (Å²) in [7, 11) is 1.38. The molecule has 1 saturated carbocycles. The van der Waals surface area contributed by atoms with Gasteiger partial charge in [0, 0.05) is 5.92 Å². The second kappa shape index (κ2) is 3.91. The molecule has 0 aromatic rings. The Balaban J connectivity index is 2.28. The minimum Gasteiger partial charge on any atom is -0.469 e. The van der Waals surface area contributed by atoms with E-state index in [-0.39, 0.29) is 17.8 Å². The molecule has 1 aliphatic rings. The van der Waals surface area contributed by atoms with E-state index in [1.807, 2.05) is 0 Å². The van der Waals surface area contributed by atoms with Crippen LogP contribution in [0.2, 0.25) is 0 Å². The number of ether oxygens (including phenoxy) is 1. The van der Waals surface area contributed by atoms with Crippen molar-refractivity contribution in [3.8, 4) is 11.8 Å². The van der Waals surface area contributed by atoms with Gasteiger partial charge in [-0.1, -0.05) is 5.92 Å². The Labute approximate surface area is 71.1 Å². The molecule has 64 valence electrons. The summed E-state index contributed by atoms with van der Waals surface area (Å²) in [6.45, 7) is 0. The lowest BCUT2D eigenvalue weighted by molar-refractivity contribution is -0.149. The first-order valence-corrected chi connectivity index (χ1v) is 3.80. The number of carbonyl (C=O) groups excluding carboxylic acids is 2. The van der Waals surface area contributed by atoms with Crippen LogP contribution in [0.5, 0.6) is 0 Å². The highest BCUT2D eigenvalue weighted by Gasteiger charge is 2.33. The van der Waals surface area contributed by atoms with Crippen LogP contribution >= 0.6 is 0 Å². The highest BCUT2D eigenvalue weighted by Crippen LogP contribution is 2.33. The molecule has 0 amide bonds. The fraction of sp³-hybridized carbons (Fsp3) is 0.556. The quantitative estimate of drug-likeness (QED) is 0.321. The molecule has 0 heterocycles. The molecule has 0 aromatic carbocycles. The first kappa shape index (κ1) is 8.79. The molecule has 0 spiro atoms. The molecule has 0 aliphatic heterocycles. The van der Waals surface area contributed by atoms with Gasteiger partial charge in [0.25, 0.3) is 0 Å². The van der Waals surface area contributed by atoms with Gasteiger partial charge in [-0.05, 0) is 18.8 Å². The molecule has 0 aromatic heterocycles. The Morgan fingerprint density at radius 1 is 1.58 bits per heavy atom. The molecule has 1 fully saturated rings. The molecule has 12 heavy (non-hydrogen) atoms. The van der Waals surface area contributed by atoms with E-state index in [1.165, 1.54) is 7.11 Å². The molecular weight excluding hydrogens is 156 g/mol. The van der Waals surface area contributed by atoms with Crippen LogP contribution in [-0.4, -0.2) is 19.4 Å². The zero-order valence-electron chi connectivity index (χ0n) is 6.87. The van der Waals surface area contributed by atoms with Gasteiger partial charge < -0.3 is 4.74 Å². The topological polar surface area (TPSA) is 43.4 Å². The molecule has 3 nitrogen and oxygen atoms in total. The summed E-state index contributed by atoms with van der Waals surface area (Å²) < 4.78 is 4.55. The van der Waals surface area contributed by atoms with Gasteiger partial charge >= 0.3 is 5.97 Å². The number of hydrogen-bond donors (Lipinski definition) is 0. The molecular formula is C9H10O3. The zero-order valence-corrected chi connectivity index (χ0v) is 6.87. The molecule has 0 N–H and O–H groups in total. The van der Waals surface area contributed by atoms with Crippen LogP contribution in [0.4, 0.5) is 0 Å². The summed E-state index contributed by atoms with van der Waals surface area (Å²) in [5.74, 6) is 5.14. The SMILES string of the molecule is COC(=O)C1CC(C#CC=O)C1. The van der Waals surface area contributed by atoms with Crippen molar-refractivity contribution in [2.45, 2.75) is 12.8 Å². The molecule has 1 aliphatic carbocycles. The van der Waals surface area contributed by atoms with Crippen molar-refractivity contribution >= 4 is 12.3 Å². The fourth-order valence-electron chi connectivity index (χ4n) is 1.25. The van der Waals surface area contributed by atoms with Crippen LogP contribution in [0.15, 0.2) is 0 Å². The van der Waals surface area contributed by atoms with Crippen molar-refractivity contribution in [2.75, 3.05) is 7.11 Å². The largest absolute Gasteiger partial charge is 0.469 e. The van der Waals surface area contributed by atoms with Crippen molar-refractivity contribution in [3.63, 3.8) is 0 Å². The maximum Gasteiger partial charge on any atom is 0.308 e. The Bertz CT molecular complexity index is 240. The third-order valence-corrected chi connectivity index (χ3v) is 2.02. The van der Waals surface area contributed by atoms with E-state index in [1.54, 1.807) is 0 Å². The minimum absolute atomic E-state index is 0.000882. The number of methoxy groups -OCH3 is 1. The van der Waals surface area contributed by atoms with E-state index in [0.717, 1.165) is 12.8 Å². The number of rotatable bonds is 1. The van der Waals surface area contributed by atoms with Crippen LogP contribution in [-0.2, 0) is 14.3 Å². The van der Waals surface area contributed by atoms with Gasteiger partial charge in [-0.3, -0.25) is 9.59 Å². The summed E-state index contributed by atoms with van der Waals surface area (Å²) >= 11 is 0. The van der Waals surface area contributed by atoms with E-state index >= 15 is 0 Å². The highest BCUT2D eigenvalue weighted by atomic mass is 16.5. The molecule has 0 unspecified atom stereocenters. The Kier molecular flexibility index (Phi) is 2.87. The van der Waals surface area contributed by atoms with Gasteiger partial charge in [0.1, 0.15) is 0 Å². The molecule has 0 radical (unpaired) electrons. The lowest BCUT2D eigenvalue weighted by Gasteiger charge is -2.28. The van der Waals surface area contributed by atoms with Crippen molar-refractivity contribution in [3.05, 3.63) is 0 Å². The number of carbonyl (C=O) groups is 2. The fourth-order valence-corrected chi connectivity index (χ4v) is 1.25. The standard InChI is InChI=1S/C9H10O3/c1-12-9(11)8-5-7(6-8)3-2-4-10/h4,7-8H,5-6H2,1H3. The average molecular weight is 166 g/mol. The van der Waals surface area contributed by atoms with Gasteiger partial charge in [-0.25, -0.2) is 0 Å². The van der Waals surface area contributed by atoms with Crippen LogP contribution in [0, 0.1) is 23.7 Å². The molecule has 1 rings (SSSR count). The number of esters is 1. The van der Waals surface area contributed by atoms with Crippen LogP contribution in [0.3, 0.4) is 0 Å². The monoisotopic (exact) mass is 166 g/mol. The van der Waals surface area contributed by atoms with Crippen molar-refractivity contribution in [1.29, 1.82) is 0 Å². The van der Waals surface area contributed by atoms with Gasteiger partial charge in [0.15, 0.2) is 6.29 Å². The normalized spacial score (nSPS) is 26.1. The Morgan fingerprint density at radius 2 is 2.25 bits per heavy atom. The lowest BCUT2D eigenvalue weighted by Crippen LogP contribution is -2.30. The summed E-state index contributed by atoms with van der Waals surface area (Å²) in [4.78, 5) is 20.7.